The van der Waals surface area contributed by atoms with Gasteiger partial charge in [-0.2, -0.15) is 4.31 Å². The Morgan fingerprint density at radius 3 is 2.55 bits per heavy atom. The molecule has 0 N–H and O–H groups in total. The lowest BCUT2D eigenvalue weighted by molar-refractivity contribution is -0.144. The highest BCUT2D eigenvalue weighted by Crippen LogP contribution is 2.25. The smallest absolute Gasteiger partial charge is 0.324 e. The van der Waals surface area contributed by atoms with Crippen molar-refractivity contribution in [1.82, 2.24) is 4.31 Å². The van der Waals surface area contributed by atoms with E-state index in [4.69, 9.17) is 9.47 Å². The van der Waals surface area contributed by atoms with Crippen molar-refractivity contribution in [3.05, 3.63) is 35.9 Å². The lowest BCUT2D eigenvalue weighted by atomic mass is 10.2. The summed E-state index contributed by atoms with van der Waals surface area (Å²) in [6.07, 6.45) is 0.453. The summed E-state index contributed by atoms with van der Waals surface area (Å²) in [6, 6.07) is 8.60. The Balaban J connectivity index is 2.10. The Morgan fingerprint density at radius 2 is 1.95 bits per heavy atom. The molecule has 0 unspecified atom stereocenters. The summed E-state index contributed by atoms with van der Waals surface area (Å²) in [5.41, 5.74) is 0.947. The fourth-order valence-electron chi connectivity index (χ4n) is 2.61. The zero-order valence-corrected chi connectivity index (χ0v) is 13.6. The van der Waals surface area contributed by atoms with E-state index in [2.05, 4.69) is 0 Å². The molecule has 0 amide bonds. The van der Waals surface area contributed by atoms with Crippen LogP contribution >= 0.6 is 0 Å². The van der Waals surface area contributed by atoms with E-state index in [0.29, 0.717) is 12.8 Å². The maximum absolute atomic E-state index is 12.6. The minimum Gasteiger partial charge on any atom is -0.468 e. The van der Waals surface area contributed by atoms with Gasteiger partial charge >= 0.3 is 5.97 Å². The molecule has 1 aliphatic heterocycles. The van der Waals surface area contributed by atoms with Gasteiger partial charge in [-0.15, -0.1) is 0 Å². The molecule has 1 fully saturated rings. The fourth-order valence-corrected chi connectivity index (χ4v) is 4.29. The number of carbonyl (C=O) groups is 1. The van der Waals surface area contributed by atoms with Crippen molar-refractivity contribution < 1.29 is 22.7 Å². The van der Waals surface area contributed by atoms with Crippen molar-refractivity contribution in [1.29, 1.82) is 0 Å². The van der Waals surface area contributed by atoms with Crippen LogP contribution in [0.1, 0.15) is 12.0 Å². The number of rotatable bonds is 6. The summed E-state index contributed by atoms with van der Waals surface area (Å²) in [5.74, 6) is -0.580. The van der Waals surface area contributed by atoms with Crippen LogP contribution in [0.3, 0.4) is 0 Å². The van der Waals surface area contributed by atoms with Gasteiger partial charge in [0.2, 0.25) is 10.0 Å². The maximum Gasteiger partial charge on any atom is 0.324 e. The van der Waals surface area contributed by atoms with E-state index in [9.17, 15) is 13.2 Å². The Labute approximate surface area is 131 Å². The van der Waals surface area contributed by atoms with Crippen LogP contribution in [-0.4, -0.2) is 57.4 Å². The topological polar surface area (TPSA) is 72.9 Å². The summed E-state index contributed by atoms with van der Waals surface area (Å²) in [4.78, 5) is 11.8. The van der Waals surface area contributed by atoms with Crippen molar-refractivity contribution in [3.8, 4) is 0 Å². The first-order valence-electron chi connectivity index (χ1n) is 7.12. The number of nitrogens with zero attached hydrogens (tertiary/aromatic N) is 1. The largest absolute Gasteiger partial charge is 0.468 e. The number of aryl methyl sites for hydroxylation is 1. The van der Waals surface area contributed by atoms with Gasteiger partial charge in [0.15, 0.2) is 0 Å². The molecule has 1 aliphatic rings. The number of methoxy groups -OCH3 is 2. The monoisotopic (exact) mass is 327 g/mol. The van der Waals surface area contributed by atoms with Crippen molar-refractivity contribution in [2.75, 3.05) is 26.5 Å². The fraction of sp³-hybridized carbons (Fsp3) is 0.533. The third kappa shape index (κ3) is 3.85. The molecule has 7 heteroatoms. The molecule has 2 rings (SSSR count). The van der Waals surface area contributed by atoms with E-state index in [1.807, 2.05) is 30.3 Å². The van der Waals surface area contributed by atoms with Crippen LogP contribution in [0.2, 0.25) is 0 Å². The van der Waals surface area contributed by atoms with Gasteiger partial charge in [-0.05, 0) is 12.0 Å². The molecule has 2 atom stereocenters. The number of hydrogen-bond acceptors (Lipinski definition) is 5. The van der Waals surface area contributed by atoms with Crippen molar-refractivity contribution >= 4 is 16.0 Å². The highest BCUT2D eigenvalue weighted by atomic mass is 32.2. The quantitative estimate of drug-likeness (QED) is 0.723. The van der Waals surface area contributed by atoms with Crippen LogP contribution in [0.5, 0.6) is 0 Å². The van der Waals surface area contributed by atoms with Crippen LogP contribution < -0.4 is 0 Å². The predicted octanol–water partition coefficient (Wildman–Crippen LogP) is 0.821. The highest BCUT2D eigenvalue weighted by Gasteiger charge is 2.43. The molecular formula is C15H21NO5S. The number of carbonyl (C=O) groups excluding carboxylic acids is 1. The molecular weight excluding hydrogens is 306 g/mol. The highest BCUT2D eigenvalue weighted by molar-refractivity contribution is 7.89. The number of ether oxygens (including phenoxy) is 2. The third-order valence-electron chi connectivity index (χ3n) is 3.87. The zero-order valence-electron chi connectivity index (χ0n) is 12.8. The number of sulfonamides is 1. The molecule has 122 valence electrons. The van der Waals surface area contributed by atoms with Crippen molar-refractivity contribution in [3.63, 3.8) is 0 Å². The van der Waals surface area contributed by atoms with Gasteiger partial charge in [0.05, 0.1) is 19.0 Å². The van der Waals surface area contributed by atoms with E-state index < -0.39 is 22.0 Å². The minimum atomic E-state index is -3.55. The first-order valence-corrected chi connectivity index (χ1v) is 8.73. The molecule has 22 heavy (non-hydrogen) atoms. The van der Waals surface area contributed by atoms with E-state index in [1.165, 1.54) is 18.5 Å². The molecule has 0 bridgehead atoms. The summed E-state index contributed by atoms with van der Waals surface area (Å²) in [5, 5.41) is 0. The van der Waals surface area contributed by atoms with Crippen LogP contribution in [-0.2, 0) is 30.7 Å². The Bertz CT molecular complexity index is 602. The van der Waals surface area contributed by atoms with E-state index in [1.54, 1.807) is 0 Å². The number of benzene rings is 1. The van der Waals surface area contributed by atoms with E-state index in [0.717, 1.165) is 5.56 Å². The van der Waals surface area contributed by atoms with E-state index in [-0.39, 0.29) is 18.4 Å². The predicted molar refractivity (Wildman–Crippen MR) is 81.9 cm³/mol. The molecule has 0 spiro atoms. The molecule has 1 heterocycles. The van der Waals surface area contributed by atoms with Gasteiger partial charge in [-0.1, -0.05) is 30.3 Å². The van der Waals surface area contributed by atoms with Crippen LogP contribution in [0.25, 0.3) is 0 Å². The SMILES string of the molecule is COC(=O)[C@H]1C[C@@H](OC)CN1S(=O)(=O)CCc1ccccc1. The Morgan fingerprint density at radius 1 is 1.27 bits per heavy atom. The van der Waals surface area contributed by atoms with Crippen LogP contribution in [0.4, 0.5) is 0 Å². The molecule has 0 aliphatic carbocycles. The lowest BCUT2D eigenvalue weighted by Crippen LogP contribution is -2.42. The van der Waals surface area contributed by atoms with Crippen molar-refractivity contribution in [2.24, 2.45) is 0 Å². The summed E-state index contributed by atoms with van der Waals surface area (Å²) >= 11 is 0. The minimum absolute atomic E-state index is 0.0407. The van der Waals surface area contributed by atoms with Gasteiger partial charge < -0.3 is 9.47 Å². The average Bonchev–Trinajstić information content (AvgIpc) is 2.98. The average molecular weight is 327 g/mol. The second-order valence-electron chi connectivity index (χ2n) is 5.25. The first kappa shape index (κ1) is 16.9. The standard InChI is InChI=1S/C15H21NO5S/c1-20-13-10-14(15(17)21-2)16(11-13)22(18,19)9-8-12-6-4-3-5-7-12/h3-7,13-14H,8-11H2,1-2H3/t13-,14-/m1/s1. The molecule has 1 aromatic rings. The molecule has 0 radical (unpaired) electrons. The van der Waals surface area contributed by atoms with Gasteiger partial charge in [-0.25, -0.2) is 8.42 Å². The lowest BCUT2D eigenvalue weighted by Gasteiger charge is -2.21. The third-order valence-corrected chi connectivity index (χ3v) is 5.71. The van der Waals surface area contributed by atoms with Gasteiger partial charge in [0.1, 0.15) is 6.04 Å². The maximum atomic E-state index is 12.6. The summed E-state index contributed by atoms with van der Waals surface area (Å²) in [7, 11) is -0.779. The first-order chi connectivity index (χ1) is 10.5. The number of esters is 1. The zero-order chi connectivity index (χ0) is 16.2. The van der Waals surface area contributed by atoms with Crippen molar-refractivity contribution in [2.45, 2.75) is 25.0 Å². The normalized spacial score (nSPS) is 22.6. The second kappa shape index (κ2) is 7.21. The Kier molecular flexibility index (Phi) is 5.55. The molecule has 6 nitrogen and oxygen atoms in total. The van der Waals surface area contributed by atoms with Gasteiger partial charge in [0.25, 0.3) is 0 Å². The molecule has 0 aromatic heterocycles. The summed E-state index contributed by atoms with van der Waals surface area (Å²) < 4.78 is 36.3. The van der Waals surface area contributed by atoms with E-state index >= 15 is 0 Å². The Hall–Kier alpha value is -1.44. The van der Waals surface area contributed by atoms with Crippen LogP contribution in [0.15, 0.2) is 30.3 Å². The molecule has 1 saturated heterocycles. The van der Waals surface area contributed by atoms with Gasteiger partial charge in [0, 0.05) is 20.1 Å². The van der Waals surface area contributed by atoms with Crippen LogP contribution in [0, 0.1) is 0 Å². The second-order valence-corrected chi connectivity index (χ2v) is 7.29. The summed E-state index contributed by atoms with van der Waals surface area (Å²) in [6.45, 7) is 0.188. The number of hydrogen-bond donors (Lipinski definition) is 0. The van der Waals surface area contributed by atoms with Gasteiger partial charge in [-0.3, -0.25) is 4.79 Å². The molecule has 1 aromatic carbocycles. The molecule has 0 saturated carbocycles.